The maximum atomic E-state index is 13.7. The van der Waals surface area contributed by atoms with Crippen LogP contribution in [0.5, 0.6) is 0 Å². The Bertz CT molecular complexity index is 982. The van der Waals surface area contributed by atoms with Crippen LogP contribution in [0.15, 0.2) is 42.5 Å². The molecule has 2 N–H and O–H groups in total. The van der Waals surface area contributed by atoms with Crippen LogP contribution in [-0.2, 0) is 22.3 Å². The number of alkyl halides is 3. The molecular formula is C23H24F3N3O3. The fourth-order valence-corrected chi connectivity index (χ4v) is 3.57. The van der Waals surface area contributed by atoms with E-state index >= 15 is 0 Å². The van der Waals surface area contributed by atoms with Gasteiger partial charge in [-0.3, -0.25) is 9.59 Å². The number of ether oxygens (including phenoxy) is 1. The van der Waals surface area contributed by atoms with Gasteiger partial charge in [-0.1, -0.05) is 6.07 Å². The average Bonchev–Trinajstić information content (AvgIpc) is 3.63. The number of hydrogen-bond acceptors (Lipinski definition) is 4. The largest absolute Gasteiger partial charge is 0.416 e. The van der Waals surface area contributed by atoms with Gasteiger partial charge in [-0.25, -0.2) is 0 Å². The van der Waals surface area contributed by atoms with Crippen LogP contribution in [0.4, 0.5) is 24.5 Å². The Labute approximate surface area is 183 Å². The zero-order valence-electron chi connectivity index (χ0n) is 17.4. The number of carbonyl (C=O) groups is 2. The minimum absolute atomic E-state index is 0.00354. The Morgan fingerprint density at radius 1 is 1.03 bits per heavy atom. The maximum absolute atomic E-state index is 13.7. The van der Waals surface area contributed by atoms with Gasteiger partial charge in [0.2, 0.25) is 5.91 Å². The second-order valence-electron chi connectivity index (χ2n) is 7.96. The molecule has 170 valence electrons. The summed E-state index contributed by atoms with van der Waals surface area (Å²) < 4.78 is 46.2. The van der Waals surface area contributed by atoms with Gasteiger partial charge in [-0.2, -0.15) is 13.2 Å². The fourth-order valence-electron chi connectivity index (χ4n) is 3.57. The lowest BCUT2D eigenvalue weighted by atomic mass is 10.0. The molecule has 2 aromatic rings. The third kappa shape index (κ3) is 5.40. The molecule has 1 heterocycles. The molecule has 32 heavy (non-hydrogen) atoms. The first-order valence-corrected chi connectivity index (χ1v) is 10.5. The van der Waals surface area contributed by atoms with Crippen LogP contribution < -0.4 is 15.5 Å². The van der Waals surface area contributed by atoms with Crippen molar-refractivity contribution in [2.45, 2.75) is 25.6 Å². The van der Waals surface area contributed by atoms with E-state index in [-0.39, 0.29) is 23.9 Å². The van der Waals surface area contributed by atoms with Gasteiger partial charge in [0.25, 0.3) is 5.91 Å². The molecule has 4 rings (SSSR count). The van der Waals surface area contributed by atoms with Crippen molar-refractivity contribution in [2.75, 3.05) is 36.5 Å². The molecule has 2 aromatic carbocycles. The zero-order chi connectivity index (χ0) is 22.7. The molecule has 1 aliphatic heterocycles. The number of nitrogens with one attached hydrogen (secondary N) is 2. The van der Waals surface area contributed by atoms with Crippen molar-refractivity contribution < 1.29 is 27.5 Å². The highest BCUT2D eigenvalue weighted by atomic mass is 19.4. The molecule has 6 nitrogen and oxygen atoms in total. The van der Waals surface area contributed by atoms with Gasteiger partial charge in [-0.05, 0) is 54.8 Å². The second-order valence-corrected chi connectivity index (χ2v) is 7.96. The average molecular weight is 447 g/mol. The summed E-state index contributed by atoms with van der Waals surface area (Å²) in [6.07, 6.45) is -2.76. The third-order valence-electron chi connectivity index (χ3n) is 5.58. The Balaban J connectivity index is 1.41. The van der Waals surface area contributed by atoms with Gasteiger partial charge < -0.3 is 20.3 Å². The summed E-state index contributed by atoms with van der Waals surface area (Å²) in [5, 5.41) is 5.33. The van der Waals surface area contributed by atoms with Crippen LogP contribution in [0.3, 0.4) is 0 Å². The summed E-state index contributed by atoms with van der Waals surface area (Å²) in [4.78, 5) is 26.1. The van der Waals surface area contributed by atoms with Crippen LogP contribution in [0.25, 0.3) is 0 Å². The van der Waals surface area contributed by atoms with Gasteiger partial charge in [-0.15, -0.1) is 0 Å². The number of amides is 2. The van der Waals surface area contributed by atoms with Crippen molar-refractivity contribution in [1.29, 1.82) is 0 Å². The fraction of sp³-hybridized carbons (Fsp3) is 0.391. The highest BCUT2D eigenvalue weighted by molar-refractivity contribution is 5.96. The number of anilines is 2. The highest BCUT2D eigenvalue weighted by Crippen LogP contribution is 2.35. The molecule has 2 fully saturated rings. The minimum atomic E-state index is -4.54. The van der Waals surface area contributed by atoms with Crippen LogP contribution in [0.2, 0.25) is 0 Å². The monoisotopic (exact) mass is 447 g/mol. The lowest BCUT2D eigenvalue weighted by molar-refractivity contribution is -0.138. The third-order valence-corrected chi connectivity index (χ3v) is 5.58. The van der Waals surface area contributed by atoms with Crippen molar-refractivity contribution in [1.82, 2.24) is 5.32 Å². The van der Waals surface area contributed by atoms with Crippen LogP contribution in [-0.4, -0.2) is 38.1 Å². The molecule has 0 spiro atoms. The lowest BCUT2D eigenvalue weighted by Gasteiger charge is -2.29. The number of nitrogens with zero attached hydrogens (tertiary/aromatic N) is 1. The van der Waals surface area contributed by atoms with E-state index in [4.69, 9.17) is 4.74 Å². The van der Waals surface area contributed by atoms with Gasteiger partial charge in [0.15, 0.2) is 0 Å². The SMILES string of the molecule is O=C(NCc1ccc(N2CCOCC2)cc1C(F)(F)F)c1ccc(NC(=O)C2CC2)cc1. The molecule has 1 aliphatic carbocycles. The molecule has 0 atom stereocenters. The van der Waals surface area contributed by atoms with Gasteiger partial charge >= 0.3 is 6.18 Å². The zero-order valence-corrected chi connectivity index (χ0v) is 17.4. The summed E-state index contributed by atoms with van der Waals surface area (Å²) in [7, 11) is 0. The van der Waals surface area contributed by atoms with Crippen molar-refractivity contribution in [3.8, 4) is 0 Å². The van der Waals surface area contributed by atoms with E-state index in [1.54, 1.807) is 18.2 Å². The number of benzene rings is 2. The van der Waals surface area contributed by atoms with E-state index in [2.05, 4.69) is 10.6 Å². The number of rotatable bonds is 6. The Hall–Kier alpha value is -3.07. The predicted octanol–water partition coefficient (Wildman–Crippen LogP) is 3.82. The van der Waals surface area contributed by atoms with Crippen LogP contribution in [0, 0.1) is 5.92 Å². The summed E-state index contributed by atoms with van der Waals surface area (Å²) in [5.41, 5.74) is 0.597. The molecule has 2 amide bonds. The summed E-state index contributed by atoms with van der Waals surface area (Å²) in [5.74, 6) is -0.465. The standard InChI is InChI=1S/C23H24F3N3O3/c24-23(25,26)20-13-19(29-9-11-32-12-10-29)8-5-17(20)14-27-21(30)15-3-6-18(7-4-15)28-22(31)16-1-2-16/h3-8,13,16H,1-2,9-12,14H2,(H,27,30)(H,28,31). The van der Waals surface area contributed by atoms with Crippen molar-refractivity contribution >= 4 is 23.2 Å². The summed E-state index contributed by atoms with van der Waals surface area (Å²) >= 11 is 0. The first-order chi connectivity index (χ1) is 15.3. The second kappa shape index (κ2) is 9.20. The van der Waals surface area contributed by atoms with Crippen molar-refractivity contribution in [3.63, 3.8) is 0 Å². The molecule has 1 saturated carbocycles. The molecule has 0 unspecified atom stereocenters. The molecule has 0 radical (unpaired) electrons. The molecule has 9 heteroatoms. The Kier molecular flexibility index (Phi) is 6.36. The van der Waals surface area contributed by atoms with Gasteiger partial charge in [0.1, 0.15) is 0 Å². The smallest absolute Gasteiger partial charge is 0.378 e. The van der Waals surface area contributed by atoms with Gasteiger partial charge in [0.05, 0.1) is 18.8 Å². The van der Waals surface area contributed by atoms with E-state index < -0.39 is 17.6 Å². The number of halogens is 3. The summed E-state index contributed by atoms with van der Waals surface area (Å²) in [6, 6.07) is 10.4. The lowest BCUT2D eigenvalue weighted by Crippen LogP contribution is -2.36. The molecule has 0 aromatic heterocycles. The molecule has 2 aliphatic rings. The van der Waals surface area contributed by atoms with E-state index in [0.717, 1.165) is 18.9 Å². The normalized spacial score (nSPS) is 16.5. The van der Waals surface area contributed by atoms with Crippen molar-refractivity contribution in [3.05, 3.63) is 59.2 Å². The maximum Gasteiger partial charge on any atom is 0.416 e. The number of carbonyl (C=O) groups excluding carboxylic acids is 2. The Morgan fingerprint density at radius 3 is 2.34 bits per heavy atom. The van der Waals surface area contributed by atoms with Gasteiger partial charge in [0, 0.05) is 42.5 Å². The number of morpholine rings is 1. The van der Waals surface area contributed by atoms with Crippen molar-refractivity contribution in [2.24, 2.45) is 5.92 Å². The first-order valence-electron chi connectivity index (χ1n) is 10.5. The topological polar surface area (TPSA) is 70.7 Å². The Morgan fingerprint density at radius 2 is 1.72 bits per heavy atom. The molecular weight excluding hydrogens is 423 g/mol. The van der Waals surface area contributed by atoms with Crippen LogP contribution in [0.1, 0.15) is 34.3 Å². The molecule has 1 saturated heterocycles. The van der Waals surface area contributed by atoms with E-state index in [1.165, 1.54) is 18.2 Å². The quantitative estimate of drug-likeness (QED) is 0.707. The minimum Gasteiger partial charge on any atom is -0.378 e. The van der Waals surface area contributed by atoms with E-state index in [1.807, 2.05) is 4.90 Å². The molecule has 0 bridgehead atoms. The first kappa shape index (κ1) is 22.1. The van der Waals surface area contributed by atoms with Crippen LogP contribution >= 0.6 is 0 Å². The van der Waals surface area contributed by atoms with E-state index in [0.29, 0.717) is 43.2 Å². The van der Waals surface area contributed by atoms with E-state index in [9.17, 15) is 22.8 Å². The summed E-state index contributed by atoms with van der Waals surface area (Å²) in [6.45, 7) is 1.76. The predicted molar refractivity (Wildman–Crippen MR) is 113 cm³/mol. The number of hydrogen-bond donors (Lipinski definition) is 2. The highest BCUT2D eigenvalue weighted by Gasteiger charge is 2.34.